The number of rotatable bonds is 2. The van der Waals surface area contributed by atoms with Crippen molar-refractivity contribution in [3.63, 3.8) is 0 Å². The highest BCUT2D eigenvalue weighted by atomic mass is 35.5. The Morgan fingerprint density at radius 3 is 2.42 bits per heavy atom. The molecule has 0 N–H and O–H groups in total. The van der Waals surface area contributed by atoms with Gasteiger partial charge in [-0.25, -0.2) is 0 Å². The second-order valence-electron chi connectivity index (χ2n) is 2.04. The predicted molar refractivity (Wildman–Crippen MR) is 50.8 cm³/mol. The first-order chi connectivity index (χ1) is 5.75. The number of terminal acetylenes is 1. The third-order valence-electron chi connectivity index (χ3n) is 1.22. The van der Waals surface area contributed by atoms with Crippen molar-refractivity contribution in [2.45, 2.75) is 0 Å². The van der Waals surface area contributed by atoms with Crippen LogP contribution in [0.3, 0.4) is 0 Å². The zero-order chi connectivity index (χ0) is 8.97. The molecule has 1 aromatic carbocycles. The largest absolute Gasteiger partial charge is 0.478 e. The van der Waals surface area contributed by atoms with E-state index in [1.807, 2.05) is 0 Å². The smallest absolute Gasteiger partial charge is 0.157 e. The third kappa shape index (κ3) is 2.07. The van der Waals surface area contributed by atoms with Gasteiger partial charge in [-0.15, -0.1) is 6.42 Å². The standard InChI is InChI=1S/C9H6Cl2O/c1-2-6-12-9-7(10)4-3-5-8(9)11/h1,3-5H,6H2. The molecule has 0 unspecified atom stereocenters. The number of benzene rings is 1. The number of para-hydroxylation sites is 1. The molecule has 0 spiro atoms. The molecule has 12 heavy (non-hydrogen) atoms. The summed E-state index contributed by atoms with van der Waals surface area (Å²) in [5.41, 5.74) is 0. The zero-order valence-corrected chi connectivity index (χ0v) is 7.69. The molecule has 0 bridgehead atoms. The van der Waals surface area contributed by atoms with E-state index < -0.39 is 0 Å². The maximum Gasteiger partial charge on any atom is 0.157 e. The van der Waals surface area contributed by atoms with Gasteiger partial charge in [0.2, 0.25) is 0 Å². The number of hydrogen-bond donors (Lipinski definition) is 0. The first kappa shape index (κ1) is 9.25. The molecule has 1 nitrogen and oxygen atoms in total. The van der Waals surface area contributed by atoms with Crippen molar-refractivity contribution in [3.05, 3.63) is 28.2 Å². The average Bonchev–Trinajstić information content (AvgIpc) is 2.04. The van der Waals surface area contributed by atoms with Gasteiger partial charge in [-0.2, -0.15) is 0 Å². The van der Waals surface area contributed by atoms with Crippen LogP contribution in [0.4, 0.5) is 0 Å². The summed E-state index contributed by atoms with van der Waals surface area (Å²) in [6.45, 7) is 0.170. The van der Waals surface area contributed by atoms with Crippen LogP contribution in [0.15, 0.2) is 18.2 Å². The first-order valence-electron chi connectivity index (χ1n) is 3.26. The van der Waals surface area contributed by atoms with Gasteiger partial charge in [0.15, 0.2) is 5.75 Å². The fourth-order valence-electron chi connectivity index (χ4n) is 0.734. The van der Waals surface area contributed by atoms with Gasteiger partial charge in [0.1, 0.15) is 6.61 Å². The van der Waals surface area contributed by atoms with Crippen LogP contribution in [0.25, 0.3) is 0 Å². The Bertz CT molecular complexity index is 295. The molecule has 0 aromatic heterocycles. The lowest BCUT2D eigenvalue weighted by atomic mass is 10.3. The summed E-state index contributed by atoms with van der Waals surface area (Å²) in [6.07, 6.45) is 5.02. The summed E-state index contributed by atoms with van der Waals surface area (Å²) in [5, 5.41) is 0.940. The van der Waals surface area contributed by atoms with Gasteiger partial charge >= 0.3 is 0 Å². The minimum absolute atomic E-state index is 0.170. The van der Waals surface area contributed by atoms with Crippen LogP contribution in [0, 0.1) is 12.3 Å². The highest BCUT2D eigenvalue weighted by Crippen LogP contribution is 2.31. The molecule has 0 saturated carbocycles. The first-order valence-corrected chi connectivity index (χ1v) is 4.01. The summed E-state index contributed by atoms with van der Waals surface area (Å²) >= 11 is 11.6. The fraction of sp³-hybridized carbons (Fsp3) is 0.111. The lowest BCUT2D eigenvalue weighted by Gasteiger charge is -2.05. The van der Waals surface area contributed by atoms with Gasteiger partial charge in [-0.05, 0) is 12.1 Å². The SMILES string of the molecule is C#CCOc1c(Cl)cccc1Cl. The Kier molecular flexibility index (Phi) is 3.28. The maximum atomic E-state index is 5.79. The number of ether oxygens (including phenoxy) is 1. The Morgan fingerprint density at radius 1 is 1.33 bits per heavy atom. The molecule has 3 heteroatoms. The minimum atomic E-state index is 0.170. The van der Waals surface area contributed by atoms with Crippen molar-refractivity contribution in [2.24, 2.45) is 0 Å². The molecule has 62 valence electrons. The third-order valence-corrected chi connectivity index (χ3v) is 1.81. The highest BCUT2D eigenvalue weighted by molar-refractivity contribution is 6.37. The van der Waals surface area contributed by atoms with Crippen molar-refractivity contribution < 1.29 is 4.74 Å². The molecule has 0 amide bonds. The average molecular weight is 201 g/mol. The Morgan fingerprint density at radius 2 is 1.92 bits per heavy atom. The normalized spacial score (nSPS) is 9.08. The van der Waals surface area contributed by atoms with Crippen molar-refractivity contribution in [3.8, 4) is 18.1 Å². The summed E-state index contributed by atoms with van der Waals surface area (Å²) in [4.78, 5) is 0. The van der Waals surface area contributed by atoms with Crippen molar-refractivity contribution >= 4 is 23.2 Å². The van der Waals surface area contributed by atoms with Gasteiger partial charge in [0, 0.05) is 0 Å². The Hall–Kier alpha value is -0.840. The van der Waals surface area contributed by atoms with E-state index >= 15 is 0 Å². The maximum absolute atomic E-state index is 5.79. The van der Waals surface area contributed by atoms with Crippen LogP contribution in [-0.2, 0) is 0 Å². The quantitative estimate of drug-likeness (QED) is 0.668. The lowest BCUT2D eigenvalue weighted by molar-refractivity contribution is 0.371. The molecule has 1 aromatic rings. The monoisotopic (exact) mass is 200 g/mol. The van der Waals surface area contributed by atoms with Crippen LogP contribution < -0.4 is 4.74 Å². The van der Waals surface area contributed by atoms with Crippen molar-refractivity contribution in [2.75, 3.05) is 6.61 Å². The van der Waals surface area contributed by atoms with Crippen LogP contribution in [0.1, 0.15) is 0 Å². The van der Waals surface area contributed by atoms with E-state index in [0.717, 1.165) is 0 Å². The van der Waals surface area contributed by atoms with Gasteiger partial charge < -0.3 is 4.74 Å². The Labute approximate surface area is 81.2 Å². The van der Waals surface area contributed by atoms with E-state index in [0.29, 0.717) is 15.8 Å². The van der Waals surface area contributed by atoms with Gasteiger partial charge in [0.25, 0.3) is 0 Å². The number of halogens is 2. The molecule has 0 heterocycles. The van der Waals surface area contributed by atoms with E-state index in [1.54, 1.807) is 18.2 Å². The van der Waals surface area contributed by atoms with Gasteiger partial charge in [-0.3, -0.25) is 0 Å². The van der Waals surface area contributed by atoms with Gasteiger partial charge in [-0.1, -0.05) is 35.2 Å². The molecule has 0 saturated heterocycles. The topological polar surface area (TPSA) is 9.23 Å². The molecule has 0 radical (unpaired) electrons. The second-order valence-corrected chi connectivity index (χ2v) is 2.86. The highest BCUT2D eigenvalue weighted by Gasteiger charge is 2.04. The second kappa shape index (κ2) is 4.25. The van der Waals surface area contributed by atoms with Crippen LogP contribution in [0.2, 0.25) is 10.0 Å². The molecule has 0 aliphatic carbocycles. The van der Waals surface area contributed by atoms with E-state index in [-0.39, 0.29) is 6.61 Å². The predicted octanol–water partition coefficient (Wildman–Crippen LogP) is 3.01. The molecule has 0 aliphatic heterocycles. The molecule has 1 rings (SSSR count). The summed E-state index contributed by atoms with van der Waals surface area (Å²) in [7, 11) is 0. The van der Waals surface area contributed by atoms with Crippen molar-refractivity contribution in [1.82, 2.24) is 0 Å². The van der Waals surface area contributed by atoms with E-state index in [1.165, 1.54) is 0 Å². The van der Waals surface area contributed by atoms with Crippen LogP contribution in [-0.4, -0.2) is 6.61 Å². The van der Waals surface area contributed by atoms with Crippen LogP contribution >= 0.6 is 23.2 Å². The molecule has 0 aliphatic rings. The fourth-order valence-corrected chi connectivity index (χ4v) is 1.24. The molecular weight excluding hydrogens is 195 g/mol. The molecule has 0 atom stereocenters. The zero-order valence-electron chi connectivity index (χ0n) is 6.18. The lowest BCUT2D eigenvalue weighted by Crippen LogP contribution is -1.94. The number of hydrogen-bond acceptors (Lipinski definition) is 1. The summed E-state index contributed by atoms with van der Waals surface area (Å²) in [5.74, 6) is 2.77. The molecule has 0 fully saturated rings. The summed E-state index contributed by atoms with van der Waals surface area (Å²) < 4.78 is 5.12. The molecular formula is C9H6Cl2O. The Balaban J connectivity index is 2.90. The van der Waals surface area contributed by atoms with Gasteiger partial charge in [0.05, 0.1) is 10.0 Å². The summed E-state index contributed by atoms with van der Waals surface area (Å²) in [6, 6.07) is 5.13. The van der Waals surface area contributed by atoms with E-state index in [4.69, 9.17) is 34.4 Å². The minimum Gasteiger partial charge on any atom is -0.478 e. The van der Waals surface area contributed by atoms with E-state index in [2.05, 4.69) is 5.92 Å². The van der Waals surface area contributed by atoms with Crippen LogP contribution in [0.5, 0.6) is 5.75 Å². The van der Waals surface area contributed by atoms with E-state index in [9.17, 15) is 0 Å². The van der Waals surface area contributed by atoms with Crippen molar-refractivity contribution in [1.29, 1.82) is 0 Å².